The van der Waals surface area contributed by atoms with Gasteiger partial charge in [0, 0.05) is 50.6 Å². The predicted octanol–water partition coefficient (Wildman–Crippen LogP) is 4.78. The predicted molar refractivity (Wildman–Crippen MR) is 186 cm³/mol. The van der Waals surface area contributed by atoms with Crippen LogP contribution in [0.15, 0.2) is 72.8 Å². The van der Waals surface area contributed by atoms with E-state index in [1.54, 1.807) is 6.07 Å². The number of piperazine rings is 1. The molecule has 0 radical (unpaired) electrons. The van der Waals surface area contributed by atoms with Crippen LogP contribution in [0.3, 0.4) is 0 Å². The molecule has 1 heterocycles. The molecule has 2 amide bonds. The van der Waals surface area contributed by atoms with E-state index >= 15 is 0 Å². The summed E-state index contributed by atoms with van der Waals surface area (Å²) in [6, 6.07) is 22.1. The summed E-state index contributed by atoms with van der Waals surface area (Å²) in [7, 11) is 0. The minimum Gasteiger partial charge on any atom is -0.392 e. The number of carbonyl (C=O) groups is 2. The largest absolute Gasteiger partial charge is 0.392 e. The van der Waals surface area contributed by atoms with Gasteiger partial charge in [-0.1, -0.05) is 83.9 Å². The van der Waals surface area contributed by atoms with E-state index in [1.165, 1.54) is 0 Å². The first-order chi connectivity index (χ1) is 22.4. The van der Waals surface area contributed by atoms with Crippen molar-refractivity contribution in [1.82, 2.24) is 20.4 Å². The summed E-state index contributed by atoms with van der Waals surface area (Å²) in [5, 5.41) is 29.5. The average Bonchev–Trinajstić information content (AvgIpc) is 3.33. The molecule has 4 N–H and O–H groups in total. The number of aliphatic hydroxyl groups is 2. The summed E-state index contributed by atoms with van der Waals surface area (Å²) in [6.45, 7) is 8.45. The number of halogens is 2. The molecule has 3 aromatic carbocycles. The maximum Gasteiger partial charge on any atom is 0.239 e. The lowest BCUT2D eigenvalue weighted by Crippen LogP contribution is -2.61. The fourth-order valence-corrected chi connectivity index (χ4v) is 7.03. The van der Waals surface area contributed by atoms with Crippen molar-refractivity contribution in [3.8, 4) is 0 Å². The summed E-state index contributed by atoms with van der Waals surface area (Å²) in [5.74, 6) is -0.844. The topological polar surface area (TPSA) is 105 Å². The summed E-state index contributed by atoms with van der Waals surface area (Å²) in [4.78, 5) is 31.7. The molecule has 1 aliphatic heterocycles. The third-order valence-corrected chi connectivity index (χ3v) is 9.70. The molecule has 8 nitrogen and oxygen atoms in total. The van der Waals surface area contributed by atoms with E-state index < -0.39 is 35.7 Å². The molecule has 1 saturated heterocycles. The number of benzene rings is 3. The maximum atomic E-state index is 13.8. The number of nitrogens with zero attached hydrogens (tertiary/aromatic N) is 2. The van der Waals surface area contributed by atoms with Crippen LogP contribution in [-0.4, -0.2) is 81.8 Å². The molecule has 47 heavy (non-hydrogen) atoms. The zero-order chi connectivity index (χ0) is 33.7. The standard InChI is InChI=1S/C37H46Cl2N4O4/c1-37(2,3)41-36(47)32-23-42(21-25-13-14-30(38)31(39)18-25)15-16-43(32)22-28(44)19-27(17-24-9-5-4-6-10-24)35(46)40-34-29-12-8-7-11-26(29)20-33(34)45/h4-14,18,27-28,32-34,44-45H,15-17,19-23H2,1-3H3,(H,40,46)(H,41,47)/t27-,28+,32+,33-,34+/m1/s1. The Morgan fingerprint density at radius 3 is 2.40 bits per heavy atom. The smallest absolute Gasteiger partial charge is 0.239 e. The first-order valence-electron chi connectivity index (χ1n) is 16.4. The second-order valence-corrected chi connectivity index (χ2v) is 14.8. The second-order valence-electron chi connectivity index (χ2n) is 14.0. The van der Waals surface area contributed by atoms with Gasteiger partial charge in [0.2, 0.25) is 11.8 Å². The molecule has 2 aliphatic rings. The fourth-order valence-electron chi connectivity index (χ4n) is 6.71. The van der Waals surface area contributed by atoms with Crippen LogP contribution in [-0.2, 0) is 29.0 Å². The van der Waals surface area contributed by atoms with Crippen molar-refractivity contribution in [2.75, 3.05) is 26.2 Å². The normalized spacial score (nSPS) is 21.6. The second kappa shape index (κ2) is 15.5. The van der Waals surface area contributed by atoms with Gasteiger partial charge in [-0.2, -0.15) is 0 Å². The van der Waals surface area contributed by atoms with Gasteiger partial charge in [-0.15, -0.1) is 0 Å². The van der Waals surface area contributed by atoms with E-state index in [9.17, 15) is 19.8 Å². The molecule has 3 aromatic rings. The monoisotopic (exact) mass is 680 g/mol. The van der Waals surface area contributed by atoms with Gasteiger partial charge in [0.1, 0.15) is 6.04 Å². The summed E-state index contributed by atoms with van der Waals surface area (Å²) < 4.78 is 0. The Balaban J connectivity index is 1.29. The number of β-amino-alcohol motifs (C(OH)–C–C–N with tert-alkyl or cyclic N) is 1. The Morgan fingerprint density at radius 1 is 0.957 bits per heavy atom. The molecule has 10 heteroatoms. The Labute approximate surface area is 288 Å². The third-order valence-electron chi connectivity index (χ3n) is 8.97. The molecule has 0 saturated carbocycles. The van der Waals surface area contributed by atoms with Crippen molar-refractivity contribution in [2.45, 2.75) is 76.4 Å². The van der Waals surface area contributed by atoms with Gasteiger partial charge in [0.05, 0.1) is 28.3 Å². The Bertz CT molecular complexity index is 1530. The highest BCUT2D eigenvalue weighted by molar-refractivity contribution is 6.42. The van der Waals surface area contributed by atoms with E-state index in [-0.39, 0.29) is 24.8 Å². The highest BCUT2D eigenvalue weighted by Gasteiger charge is 2.37. The first kappa shape index (κ1) is 35.3. The van der Waals surface area contributed by atoms with Crippen molar-refractivity contribution in [1.29, 1.82) is 0 Å². The molecule has 1 aliphatic carbocycles. The SMILES string of the molecule is CC(C)(C)NC(=O)[C@@H]1CN(Cc2ccc(Cl)c(Cl)c2)CCN1C[C@@H](O)C[C@@H](Cc1ccccc1)C(=O)N[C@H]1c2ccccc2C[C@H]1O. The minimum absolute atomic E-state index is 0.101. The average molecular weight is 682 g/mol. The molecule has 0 spiro atoms. The van der Waals surface area contributed by atoms with Gasteiger partial charge < -0.3 is 20.8 Å². The first-order valence-corrected chi connectivity index (χ1v) is 17.1. The van der Waals surface area contributed by atoms with E-state index in [0.717, 1.165) is 22.3 Å². The number of aliphatic hydroxyl groups excluding tert-OH is 2. The molecule has 5 rings (SSSR count). The van der Waals surface area contributed by atoms with E-state index in [2.05, 4.69) is 15.5 Å². The van der Waals surface area contributed by atoms with Crippen LogP contribution in [0.25, 0.3) is 0 Å². The van der Waals surface area contributed by atoms with E-state index in [4.69, 9.17) is 23.2 Å². The lowest BCUT2D eigenvalue weighted by molar-refractivity contribution is -0.132. The zero-order valence-corrected chi connectivity index (χ0v) is 28.8. The quantitative estimate of drug-likeness (QED) is 0.233. The maximum absolute atomic E-state index is 13.8. The van der Waals surface area contributed by atoms with Gasteiger partial charge in [0.15, 0.2) is 0 Å². The van der Waals surface area contributed by atoms with Gasteiger partial charge in [-0.3, -0.25) is 19.4 Å². The van der Waals surface area contributed by atoms with Crippen molar-refractivity contribution in [2.24, 2.45) is 5.92 Å². The summed E-state index contributed by atoms with van der Waals surface area (Å²) >= 11 is 12.4. The number of hydrogen-bond acceptors (Lipinski definition) is 6. The lowest BCUT2D eigenvalue weighted by Gasteiger charge is -2.42. The van der Waals surface area contributed by atoms with Crippen molar-refractivity contribution >= 4 is 35.0 Å². The van der Waals surface area contributed by atoms with Crippen LogP contribution in [0.1, 0.15) is 55.5 Å². The number of fused-ring (bicyclic) bond motifs is 1. The molecule has 0 unspecified atom stereocenters. The molecule has 0 aromatic heterocycles. The van der Waals surface area contributed by atoms with Crippen LogP contribution in [0, 0.1) is 5.92 Å². The van der Waals surface area contributed by atoms with Crippen LogP contribution < -0.4 is 10.6 Å². The zero-order valence-electron chi connectivity index (χ0n) is 27.3. The molecule has 0 bridgehead atoms. The number of carbonyl (C=O) groups excluding carboxylic acids is 2. The van der Waals surface area contributed by atoms with E-state index in [0.29, 0.717) is 49.1 Å². The molecular formula is C37H46Cl2N4O4. The highest BCUT2D eigenvalue weighted by atomic mass is 35.5. The van der Waals surface area contributed by atoms with Crippen LogP contribution in [0.4, 0.5) is 0 Å². The van der Waals surface area contributed by atoms with Crippen LogP contribution in [0.2, 0.25) is 10.0 Å². The van der Waals surface area contributed by atoms with Gasteiger partial charge in [-0.25, -0.2) is 0 Å². The van der Waals surface area contributed by atoms with Crippen LogP contribution in [0.5, 0.6) is 0 Å². The lowest BCUT2D eigenvalue weighted by atomic mass is 9.91. The third kappa shape index (κ3) is 9.56. The number of rotatable bonds is 11. The van der Waals surface area contributed by atoms with Crippen molar-refractivity contribution < 1.29 is 19.8 Å². The number of amides is 2. The molecule has 5 atom stereocenters. The van der Waals surface area contributed by atoms with Crippen LogP contribution >= 0.6 is 23.2 Å². The fraction of sp³-hybridized carbons (Fsp3) is 0.459. The van der Waals surface area contributed by atoms with Crippen molar-refractivity contribution in [3.05, 3.63) is 105 Å². The van der Waals surface area contributed by atoms with Gasteiger partial charge >= 0.3 is 0 Å². The Hall–Kier alpha value is -2.98. The molecule has 1 fully saturated rings. The van der Waals surface area contributed by atoms with E-state index in [1.807, 2.05) is 92.4 Å². The number of nitrogens with one attached hydrogen (secondary N) is 2. The molecule has 252 valence electrons. The molecular weight excluding hydrogens is 635 g/mol. The summed E-state index contributed by atoms with van der Waals surface area (Å²) in [6.07, 6.45) is -0.424. The highest BCUT2D eigenvalue weighted by Crippen LogP contribution is 2.32. The Morgan fingerprint density at radius 2 is 1.68 bits per heavy atom. The Kier molecular flexibility index (Phi) is 11.6. The van der Waals surface area contributed by atoms with Gasteiger partial charge in [0.25, 0.3) is 0 Å². The summed E-state index contributed by atoms with van der Waals surface area (Å²) in [5.41, 5.74) is 3.54. The van der Waals surface area contributed by atoms with Gasteiger partial charge in [-0.05, 0) is 68.0 Å². The minimum atomic E-state index is -0.859. The number of hydrogen-bond donors (Lipinski definition) is 4. The van der Waals surface area contributed by atoms with Crippen molar-refractivity contribution in [3.63, 3.8) is 0 Å².